The Kier molecular flexibility index (Phi) is 3.87. The first-order chi connectivity index (χ1) is 10.3. The number of benzene rings is 2. The zero-order valence-electron chi connectivity index (χ0n) is 11.8. The molecule has 3 heteroatoms. The van der Waals surface area contributed by atoms with Gasteiger partial charge in [0.2, 0.25) is 0 Å². The van der Waals surface area contributed by atoms with Gasteiger partial charge in [-0.3, -0.25) is 0 Å². The van der Waals surface area contributed by atoms with Crippen molar-refractivity contribution >= 4 is 0 Å². The molecule has 3 rings (SSSR count). The topological polar surface area (TPSA) is 35.8 Å². The number of halogens is 1. The average molecular weight is 280 g/mol. The van der Waals surface area contributed by atoms with Crippen LogP contribution in [0.3, 0.4) is 0 Å². The standard InChI is InChI=1S/C18H17FN2/c19-17-6-5-13-9-14-3-1-2-4-18(14)15(7-8-21-12-20)10-16(13)11-17/h1-6,11,15,21H,7-10H2. The van der Waals surface area contributed by atoms with E-state index in [4.69, 9.17) is 5.26 Å². The number of rotatable bonds is 3. The number of hydrogen-bond donors (Lipinski definition) is 1. The van der Waals surface area contributed by atoms with Crippen LogP contribution < -0.4 is 5.32 Å². The van der Waals surface area contributed by atoms with E-state index in [1.165, 1.54) is 16.7 Å². The summed E-state index contributed by atoms with van der Waals surface area (Å²) in [5.41, 5.74) is 4.94. The molecule has 0 heterocycles. The number of fused-ring (bicyclic) bond motifs is 2. The monoisotopic (exact) mass is 280 g/mol. The zero-order chi connectivity index (χ0) is 14.7. The summed E-state index contributed by atoms with van der Waals surface area (Å²) in [5.74, 6) is 0.152. The summed E-state index contributed by atoms with van der Waals surface area (Å²) in [6, 6.07) is 13.5. The van der Waals surface area contributed by atoms with Gasteiger partial charge in [-0.2, -0.15) is 5.26 Å². The molecule has 0 amide bonds. The Morgan fingerprint density at radius 3 is 2.86 bits per heavy atom. The molecule has 0 spiro atoms. The van der Waals surface area contributed by atoms with Gasteiger partial charge >= 0.3 is 0 Å². The van der Waals surface area contributed by atoms with Crippen LogP contribution in [0.4, 0.5) is 4.39 Å². The van der Waals surface area contributed by atoms with E-state index < -0.39 is 0 Å². The highest BCUT2D eigenvalue weighted by Gasteiger charge is 2.21. The van der Waals surface area contributed by atoms with E-state index in [0.717, 1.165) is 24.8 Å². The Morgan fingerprint density at radius 1 is 1.14 bits per heavy atom. The van der Waals surface area contributed by atoms with Crippen LogP contribution >= 0.6 is 0 Å². The van der Waals surface area contributed by atoms with Crippen LogP contribution in [-0.2, 0) is 12.8 Å². The van der Waals surface area contributed by atoms with Crippen LogP contribution in [0.2, 0.25) is 0 Å². The maximum absolute atomic E-state index is 13.5. The fourth-order valence-corrected chi connectivity index (χ4v) is 3.19. The Balaban J connectivity index is 1.97. The molecular formula is C18H17FN2. The summed E-state index contributed by atoms with van der Waals surface area (Å²) in [7, 11) is 0. The van der Waals surface area contributed by atoms with Crippen molar-refractivity contribution in [3.05, 3.63) is 70.5 Å². The van der Waals surface area contributed by atoms with Crippen LogP contribution in [0, 0.1) is 17.3 Å². The van der Waals surface area contributed by atoms with Crippen molar-refractivity contribution in [2.75, 3.05) is 6.54 Å². The summed E-state index contributed by atoms with van der Waals surface area (Å²) in [5, 5.41) is 11.3. The molecule has 106 valence electrons. The van der Waals surface area contributed by atoms with Crippen molar-refractivity contribution in [3.63, 3.8) is 0 Å². The number of hydrogen-bond acceptors (Lipinski definition) is 2. The van der Waals surface area contributed by atoms with Crippen LogP contribution in [0.15, 0.2) is 42.5 Å². The Morgan fingerprint density at radius 2 is 2.00 bits per heavy atom. The highest BCUT2D eigenvalue weighted by Crippen LogP contribution is 2.34. The molecule has 0 saturated heterocycles. The number of nitrogens with one attached hydrogen (secondary N) is 1. The summed E-state index contributed by atoms with van der Waals surface area (Å²) in [6.45, 7) is 0.653. The number of nitriles is 1. The van der Waals surface area contributed by atoms with E-state index in [-0.39, 0.29) is 5.82 Å². The lowest BCUT2D eigenvalue weighted by atomic mass is 9.89. The third-order valence-corrected chi connectivity index (χ3v) is 4.21. The van der Waals surface area contributed by atoms with Gasteiger partial charge in [-0.25, -0.2) is 4.39 Å². The summed E-state index contributed by atoms with van der Waals surface area (Å²) >= 11 is 0. The van der Waals surface area contributed by atoms with Crippen LogP contribution in [0.5, 0.6) is 0 Å². The second-order valence-electron chi connectivity index (χ2n) is 5.52. The van der Waals surface area contributed by atoms with Crippen LogP contribution in [0.1, 0.15) is 34.6 Å². The lowest BCUT2D eigenvalue weighted by Crippen LogP contribution is -2.13. The highest BCUT2D eigenvalue weighted by molar-refractivity contribution is 5.42. The predicted molar refractivity (Wildman–Crippen MR) is 80.3 cm³/mol. The molecule has 1 aliphatic rings. The Hall–Kier alpha value is -2.34. The minimum absolute atomic E-state index is 0.173. The fourth-order valence-electron chi connectivity index (χ4n) is 3.19. The molecule has 1 aliphatic carbocycles. The fraction of sp³-hybridized carbons (Fsp3) is 0.278. The molecule has 0 fully saturated rings. The predicted octanol–water partition coefficient (Wildman–Crippen LogP) is 3.52. The first-order valence-electron chi connectivity index (χ1n) is 7.25. The van der Waals surface area contributed by atoms with Crippen molar-refractivity contribution in [1.82, 2.24) is 5.32 Å². The third kappa shape index (κ3) is 2.90. The molecule has 0 saturated carbocycles. The second-order valence-corrected chi connectivity index (χ2v) is 5.52. The maximum Gasteiger partial charge on any atom is 0.176 e. The molecule has 21 heavy (non-hydrogen) atoms. The van der Waals surface area contributed by atoms with Crippen molar-refractivity contribution in [2.24, 2.45) is 0 Å². The van der Waals surface area contributed by atoms with Crippen molar-refractivity contribution < 1.29 is 4.39 Å². The molecule has 2 aromatic carbocycles. The van der Waals surface area contributed by atoms with Gasteiger partial charge < -0.3 is 5.32 Å². The average Bonchev–Trinajstić information content (AvgIpc) is 2.64. The normalized spacial score (nSPS) is 16.3. The van der Waals surface area contributed by atoms with Gasteiger partial charge in [0.15, 0.2) is 6.19 Å². The van der Waals surface area contributed by atoms with Gasteiger partial charge in [0.1, 0.15) is 5.82 Å². The van der Waals surface area contributed by atoms with Gasteiger partial charge in [0.25, 0.3) is 0 Å². The largest absolute Gasteiger partial charge is 0.324 e. The zero-order valence-corrected chi connectivity index (χ0v) is 11.8. The molecule has 0 radical (unpaired) electrons. The van der Waals surface area contributed by atoms with Gasteiger partial charge in [0, 0.05) is 6.54 Å². The second kappa shape index (κ2) is 5.97. The van der Waals surface area contributed by atoms with E-state index in [1.54, 1.807) is 12.1 Å². The summed E-state index contributed by atoms with van der Waals surface area (Å²) in [6.07, 6.45) is 4.53. The minimum atomic E-state index is -0.173. The third-order valence-electron chi connectivity index (χ3n) is 4.21. The molecule has 1 unspecified atom stereocenters. The smallest absolute Gasteiger partial charge is 0.176 e. The SMILES string of the molecule is N#CNCCC1Cc2cc(F)ccc2Cc2ccccc21. The maximum atomic E-state index is 13.5. The molecule has 0 bridgehead atoms. The molecule has 1 atom stereocenters. The van der Waals surface area contributed by atoms with E-state index in [2.05, 4.69) is 29.6 Å². The lowest BCUT2D eigenvalue weighted by molar-refractivity contribution is 0.597. The molecule has 2 nitrogen and oxygen atoms in total. The molecule has 2 aromatic rings. The van der Waals surface area contributed by atoms with Gasteiger partial charge in [-0.05, 0) is 59.6 Å². The van der Waals surface area contributed by atoms with E-state index in [9.17, 15) is 4.39 Å². The quantitative estimate of drug-likeness (QED) is 0.530. The summed E-state index contributed by atoms with van der Waals surface area (Å²) in [4.78, 5) is 0. The van der Waals surface area contributed by atoms with Gasteiger partial charge in [0.05, 0.1) is 0 Å². The molecule has 0 aliphatic heterocycles. The summed E-state index contributed by atoms with van der Waals surface area (Å²) < 4.78 is 13.5. The highest BCUT2D eigenvalue weighted by atomic mass is 19.1. The van der Waals surface area contributed by atoms with Crippen molar-refractivity contribution in [2.45, 2.75) is 25.2 Å². The lowest BCUT2D eigenvalue weighted by Gasteiger charge is -2.17. The van der Waals surface area contributed by atoms with Crippen LogP contribution in [0.25, 0.3) is 0 Å². The first-order valence-corrected chi connectivity index (χ1v) is 7.25. The first kappa shape index (κ1) is 13.6. The Bertz CT molecular complexity index is 688. The Labute approximate surface area is 124 Å². The van der Waals surface area contributed by atoms with Crippen LogP contribution in [-0.4, -0.2) is 6.54 Å². The van der Waals surface area contributed by atoms with E-state index in [1.807, 2.05) is 12.3 Å². The van der Waals surface area contributed by atoms with Gasteiger partial charge in [-0.15, -0.1) is 0 Å². The van der Waals surface area contributed by atoms with Crippen molar-refractivity contribution in [3.8, 4) is 6.19 Å². The molecular weight excluding hydrogens is 263 g/mol. The van der Waals surface area contributed by atoms with E-state index in [0.29, 0.717) is 12.5 Å². The van der Waals surface area contributed by atoms with Gasteiger partial charge in [-0.1, -0.05) is 30.3 Å². The molecule has 1 N–H and O–H groups in total. The van der Waals surface area contributed by atoms with E-state index >= 15 is 0 Å². The number of nitrogens with zero attached hydrogens (tertiary/aromatic N) is 1. The minimum Gasteiger partial charge on any atom is -0.324 e. The van der Waals surface area contributed by atoms with Crippen molar-refractivity contribution in [1.29, 1.82) is 5.26 Å². The molecule has 0 aromatic heterocycles.